The third-order valence-electron chi connectivity index (χ3n) is 2.53. The van der Waals surface area contributed by atoms with Crippen LogP contribution >= 0.6 is 15.9 Å². The van der Waals surface area contributed by atoms with Crippen molar-refractivity contribution in [1.29, 1.82) is 0 Å². The lowest BCUT2D eigenvalue weighted by Gasteiger charge is -2.17. The van der Waals surface area contributed by atoms with Crippen LogP contribution in [0.4, 0.5) is 4.39 Å². The van der Waals surface area contributed by atoms with E-state index in [0.717, 1.165) is 22.9 Å². The monoisotopic (exact) mass is 273 g/mol. The first-order chi connectivity index (χ1) is 7.20. The van der Waals surface area contributed by atoms with Gasteiger partial charge in [-0.3, -0.25) is 0 Å². The number of aliphatic hydroxyl groups excluding tert-OH is 1. The second-order valence-corrected chi connectivity index (χ2v) is 4.70. The van der Waals surface area contributed by atoms with Crippen LogP contribution in [0.2, 0.25) is 0 Å². The topological polar surface area (TPSA) is 32.3 Å². The lowest BCUT2D eigenvalue weighted by molar-refractivity contribution is 0.242. The van der Waals surface area contributed by atoms with Gasteiger partial charge in [0, 0.05) is 10.5 Å². The van der Waals surface area contributed by atoms with Gasteiger partial charge in [-0.05, 0) is 36.6 Å². The standard InChI is InChI=1S/C11H13BrFNO/c12-10-4-1-7(13)5-9(10)11(6-15)14-8-2-3-8/h1,4-5,8,11,14-15H,2-3,6H2. The van der Waals surface area contributed by atoms with Crippen molar-refractivity contribution < 1.29 is 9.50 Å². The lowest BCUT2D eigenvalue weighted by atomic mass is 10.1. The summed E-state index contributed by atoms with van der Waals surface area (Å²) in [6.45, 7) is -0.0153. The molecule has 2 nitrogen and oxygen atoms in total. The Labute approximate surface area is 96.6 Å². The van der Waals surface area contributed by atoms with Crippen LogP contribution in [0, 0.1) is 5.82 Å². The number of halogens is 2. The van der Waals surface area contributed by atoms with E-state index in [2.05, 4.69) is 21.2 Å². The maximum atomic E-state index is 13.1. The molecular weight excluding hydrogens is 261 g/mol. The van der Waals surface area contributed by atoms with E-state index in [-0.39, 0.29) is 18.5 Å². The van der Waals surface area contributed by atoms with Gasteiger partial charge in [-0.2, -0.15) is 0 Å². The zero-order valence-corrected chi connectivity index (χ0v) is 9.80. The third kappa shape index (κ3) is 2.77. The van der Waals surface area contributed by atoms with Gasteiger partial charge in [0.1, 0.15) is 5.82 Å². The molecule has 1 aromatic rings. The fraction of sp³-hybridized carbons (Fsp3) is 0.455. The molecule has 1 aliphatic rings. The van der Waals surface area contributed by atoms with Crippen LogP contribution in [0.5, 0.6) is 0 Å². The molecule has 0 aliphatic heterocycles. The molecule has 1 unspecified atom stereocenters. The summed E-state index contributed by atoms with van der Waals surface area (Å²) in [5.41, 5.74) is 0.782. The Balaban J connectivity index is 2.19. The highest BCUT2D eigenvalue weighted by Crippen LogP contribution is 2.28. The number of hydrogen-bond acceptors (Lipinski definition) is 2. The number of rotatable bonds is 4. The van der Waals surface area contributed by atoms with Crippen molar-refractivity contribution in [2.75, 3.05) is 6.61 Å². The van der Waals surface area contributed by atoms with Crippen LogP contribution in [0.3, 0.4) is 0 Å². The average molecular weight is 274 g/mol. The molecule has 0 amide bonds. The van der Waals surface area contributed by atoms with Crippen molar-refractivity contribution in [1.82, 2.24) is 5.32 Å². The van der Waals surface area contributed by atoms with Crippen LogP contribution < -0.4 is 5.32 Å². The summed E-state index contributed by atoms with van der Waals surface area (Å²) in [6, 6.07) is 4.83. The Morgan fingerprint density at radius 3 is 2.87 bits per heavy atom. The fourth-order valence-electron chi connectivity index (χ4n) is 1.56. The van der Waals surface area contributed by atoms with Gasteiger partial charge in [0.25, 0.3) is 0 Å². The van der Waals surface area contributed by atoms with Crippen molar-refractivity contribution in [2.24, 2.45) is 0 Å². The fourth-order valence-corrected chi connectivity index (χ4v) is 2.08. The number of benzene rings is 1. The Bertz CT molecular complexity index is 354. The molecule has 0 spiro atoms. The van der Waals surface area contributed by atoms with E-state index in [9.17, 15) is 9.50 Å². The molecule has 15 heavy (non-hydrogen) atoms. The Morgan fingerprint density at radius 1 is 1.53 bits per heavy atom. The molecule has 2 N–H and O–H groups in total. The normalized spacial score (nSPS) is 17.8. The summed E-state index contributed by atoms with van der Waals surface area (Å²) in [5, 5.41) is 12.5. The summed E-state index contributed by atoms with van der Waals surface area (Å²) in [4.78, 5) is 0. The van der Waals surface area contributed by atoms with Crippen molar-refractivity contribution in [2.45, 2.75) is 24.9 Å². The molecule has 0 radical (unpaired) electrons. The Hall–Kier alpha value is -0.450. The molecule has 1 saturated carbocycles. The molecule has 1 aromatic carbocycles. The second kappa shape index (κ2) is 4.60. The molecule has 0 saturated heterocycles. The Morgan fingerprint density at radius 2 is 2.27 bits per heavy atom. The van der Waals surface area contributed by atoms with Gasteiger partial charge in [-0.25, -0.2) is 4.39 Å². The largest absolute Gasteiger partial charge is 0.394 e. The number of aliphatic hydroxyl groups is 1. The van der Waals surface area contributed by atoms with Crippen molar-refractivity contribution in [3.05, 3.63) is 34.1 Å². The highest BCUT2D eigenvalue weighted by Gasteiger charge is 2.26. The van der Waals surface area contributed by atoms with Gasteiger partial charge in [0.2, 0.25) is 0 Å². The summed E-state index contributed by atoms with van der Waals surface area (Å²) >= 11 is 3.36. The lowest BCUT2D eigenvalue weighted by Crippen LogP contribution is -2.26. The van der Waals surface area contributed by atoms with E-state index in [1.54, 1.807) is 6.07 Å². The zero-order valence-electron chi connectivity index (χ0n) is 8.21. The first-order valence-corrected chi connectivity index (χ1v) is 5.82. The van der Waals surface area contributed by atoms with Crippen molar-refractivity contribution >= 4 is 15.9 Å². The molecular formula is C11H13BrFNO. The smallest absolute Gasteiger partial charge is 0.123 e. The van der Waals surface area contributed by atoms with Crippen molar-refractivity contribution in [3.63, 3.8) is 0 Å². The van der Waals surface area contributed by atoms with Gasteiger partial charge in [-0.1, -0.05) is 15.9 Å². The first-order valence-electron chi connectivity index (χ1n) is 5.02. The molecule has 1 atom stereocenters. The van der Waals surface area contributed by atoms with Crippen LogP contribution in [0.25, 0.3) is 0 Å². The summed E-state index contributed by atoms with van der Waals surface area (Å²) in [6.07, 6.45) is 2.28. The van der Waals surface area contributed by atoms with Crippen LogP contribution in [-0.2, 0) is 0 Å². The second-order valence-electron chi connectivity index (χ2n) is 3.84. The molecule has 82 valence electrons. The predicted octanol–water partition coefficient (Wildman–Crippen LogP) is 2.37. The molecule has 0 heterocycles. The average Bonchev–Trinajstić information content (AvgIpc) is 3.02. The van der Waals surface area contributed by atoms with Gasteiger partial charge < -0.3 is 10.4 Å². The third-order valence-corrected chi connectivity index (χ3v) is 3.25. The van der Waals surface area contributed by atoms with E-state index in [0.29, 0.717) is 6.04 Å². The van der Waals surface area contributed by atoms with Crippen LogP contribution in [0.1, 0.15) is 24.4 Å². The highest BCUT2D eigenvalue weighted by molar-refractivity contribution is 9.10. The van der Waals surface area contributed by atoms with Crippen LogP contribution in [0.15, 0.2) is 22.7 Å². The zero-order chi connectivity index (χ0) is 10.8. The predicted molar refractivity (Wildman–Crippen MR) is 60.1 cm³/mol. The van der Waals surface area contributed by atoms with E-state index < -0.39 is 0 Å². The Kier molecular flexibility index (Phi) is 3.38. The molecule has 0 bridgehead atoms. The minimum Gasteiger partial charge on any atom is -0.394 e. The van der Waals surface area contributed by atoms with Crippen molar-refractivity contribution in [3.8, 4) is 0 Å². The minimum absolute atomic E-state index is 0.0153. The molecule has 4 heteroatoms. The highest BCUT2D eigenvalue weighted by atomic mass is 79.9. The molecule has 0 aromatic heterocycles. The maximum Gasteiger partial charge on any atom is 0.123 e. The van der Waals surface area contributed by atoms with Crippen LogP contribution in [-0.4, -0.2) is 17.8 Å². The number of hydrogen-bond donors (Lipinski definition) is 2. The van der Waals surface area contributed by atoms with E-state index >= 15 is 0 Å². The first kappa shape index (κ1) is 11.0. The summed E-state index contributed by atoms with van der Waals surface area (Å²) in [7, 11) is 0. The molecule has 1 aliphatic carbocycles. The molecule has 2 rings (SSSR count). The maximum absolute atomic E-state index is 13.1. The summed E-state index contributed by atoms with van der Waals surface area (Å²) in [5.74, 6) is -0.274. The van der Waals surface area contributed by atoms with E-state index in [4.69, 9.17) is 0 Å². The van der Waals surface area contributed by atoms with E-state index in [1.807, 2.05) is 0 Å². The van der Waals surface area contributed by atoms with Gasteiger partial charge in [0.15, 0.2) is 0 Å². The van der Waals surface area contributed by atoms with Gasteiger partial charge in [0.05, 0.1) is 12.6 Å². The van der Waals surface area contributed by atoms with E-state index in [1.165, 1.54) is 12.1 Å². The molecule has 1 fully saturated rings. The van der Waals surface area contributed by atoms with Gasteiger partial charge >= 0.3 is 0 Å². The van der Waals surface area contributed by atoms with Gasteiger partial charge in [-0.15, -0.1) is 0 Å². The quantitative estimate of drug-likeness (QED) is 0.883. The summed E-state index contributed by atoms with van der Waals surface area (Å²) < 4.78 is 13.9. The number of nitrogens with one attached hydrogen (secondary N) is 1. The SMILES string of the molecule is OCC(NC1CC1)c1cc(F)ccc1Br. The minimum atomic E-state index is -0.274.